The zero-order valence-corrected chi connectivity index (χ0v) is 65.5. The van der Waals surface area contributed by atoms with Crippen molar-refractivity contribution in [3.63, 3.8) is 0 Å². The molecule has 4 rings (SSSR count). The van der Waals surface area contributed by atoms with Gasteiger partial charge in [-0.1, -0.05) is 102 Å². The van der Waals surface area contributed by atoms with Crippen LogP contribution in [0.2, 0.25) is 0 Å². The highest BCUT2D eigenvalue weighted by atomic mass is 16.5. The van der Waals surface area contributed by atoms with E-state index in [-0.39, 0.29) is 43.5 Å². The maximum Gasteiger partial charge on any atom is 0.331 e. The molecule has 1 aromatic heterocycles. The Labute approximate surface area is 676 Å². The monoisotopic (exact) mass is 1660 g/mol. The number of aliphatic hydroxyl groups is 15. The summed E-state index contributed by atoms with van der Waals surface area (Å²) >= 11 is 0. The summed E-state index contributed by atoms with van der Waals surface area (Å²) in [4.78, 5) is 132. The minimum Gasteiger partial charge on any atom is -0.497 e. The van der Waals surface area contributed by atoms with Crippen LogP contribution in [0.3, 0.4) is 0 Å². The smallest absolute Gasteiger partial charge is 0.331 e. The van der Waals surface area contributed by atoms with Gasteiger partial charge in [0.2, 0.25) is 70.8 Å². The van der Waals surface area contributed by atoms with Crippen LogP contribution in [0.1, 0.15) is 166 Å². The highest BCUT2D eigenvalue weighted by molar-refractivity contribution is 6.04. The van der Waals surface area contributed by atoms with E-state index in [4.69, 9.17) is 21.6 Å². The summed E-state index contributed by atoms with van der Waals surface area (Å²) in [7, 11) is 0. The number of para-hydroxylation sites is 2. The van der Waals surface area contributed by atoms with Crippen LogP contribution in [0.4, 0.5) is 5.69 Å². The lowest BCUT2D eigenvalue weighted by molar-refractivity contribution is -0.150. The Bertz CT molecular complexity index is 4320. The van der Waals surface area contributed by atoms with Crippen LogP contribution in [0.25, 0.3) is 10.9 Å². The molecule has 0 spiro atoms. The van der Waals surface area contributed by atoms with Crippen molar-refractivity contribution in [2.24, 2.45) is 76.6 Å². The first-order chi connectivity index (χ1) is 55.9. The Hall–Kier alpha value is -12.7. The molecule has 1 aliphatic rings. The molecular weight excluding hydrogens is 1550 g/mol. The third-order valence-electron chi connectivity index (χ3n) is 17.9. The van der Waals surface area contributed by atoms with E-state index < -0.39 is 255 Å². The maximum absolute atomic E-state index is 14.9. The van der Waals surface area contributed by atoms with Crippen molar-refractivity contribution in [3.8, 4) is 0 Å². The number of carboxylic acids is 4. The Kier molecular flexibility index (Phi) is 41.3. The van der Waals surface area contributed by atoms with Gasteiger partial charge in [0.05, 0.1) is 38.7 Å². The second kappa shape index (κ2) is 49.9. The summed E-state index contributed by atoms with van der Waals surface area (Å²) in [5.74, 6) is -27.4. The number of nitrogens with two attached hydrogens (primary N) is 2. The Morgan fingerprint density at radius 2 is 1.08 bits per heavy atom. The zero-order valence-electron chi connectivity index (χ0n) is 65.5. The summed E-state index contributed by atoms with van der Waals surface area (Å²) in [5.41, 5.74) is 12.7. The number of hydrogen-bond donors (Lipinski definition) is 23. The Balaban J connectivity index is 2.08. The molecular formula is C75H107N17O26. The number of esters is 1. The number of aliphatic imine (C=N–C) groups is 13. The van der Waals surface area contributed by atoms with E-state index in [1.54, 1.807) is 30.5 Å². The van der Waals surface area contributed by atoms with E-state index in [0.29, 0.717) is 22.9 Å². The van der Waals surface area contributed by atoms with E-state index >= 15 is 0 Å². The van der Waals surface area contributed by atoms with Gasteiger partial charge in [0.25, 0.3) is 0 Å². The van der Waals surface area contributed by atoms with Gasteiger partial charge in [0.1, 0.15) is 67.5 Å². The lowest BCUT2D eigenvalue weighted by atomic mass is 9.97. The number of aromatic nitrogens is 1. The van der Waals surface area contributed by atoms with Gasteiger partial charge in [0, 0.05) is 47.6 Å². The third-order valence-corrected chi connectivity index (χ3v) is 17.9. The van der Waals surface area contributed by atoms with Crippen molar-refractivity contribution in [1.82, 2.24) is 4.98 Å². The van der Waals surface area contributed by atoms with Crippen molar-refractivity contribution >= 4 is 135 Å². The molecule has 0 aliphatic carbocycles. The van der Waals surface area contributed by atoms with Crippen molar-refractivity contribution < 1.29 is 131 Å². The number of nitrogens with one attached hydrogen (secondary N) is 2. The number of Topliss-reactive ketones (excluding diaryl/α,β-unsaturated/α-hetero) is 1. The standard InChI is InChI=1S/C75H107N17O26/c1-5-6-7-8-9-10-11-12-13-14-25-56(96)84-47(28-41-34-79-45-23-18-16-20-42(41)45)69(111)87-48(30-55(78)95)70(112)89-51(33-62(105)106)71(113)92-64-40(4)118-75(117)52(29-54(94)43-21-15-17-22-44(43)77)90-74(116)63(38(2)27-59(99)100)91-72(114)53(37-93)85-58(98)35-80-66(108)49(31-60(101)102)86-65(107)39(3)82-68(110)50(32-61(103)104)88-67(109)46(24-19-26-76)83-57(97)36-81-73(64)115/h15-18,20-23,34,38-40,46-53,63-64,79,93H,5-14,19,24-33,35-37,76-77H2,1-4H3,(H2,78,95)(H,80,108)(H,81,115)(H,82,110)(H,83,97)(H,84,96)(H,85,98)(H,86,107)(H,87,111)(H,88,109)(H,89,112)(H,90,116)(H,91,114)(H,92,113)(H,99,100)(H,101,102)(H,103,104)(H,105,106)/t38?,39?,40-,46?,47?,48?,49?,50?,51?,52?,53?,63?,64+/m1/s1. The van der Waals surface area contributed by atoms with Gasteiger partial charge in [-0.2, -0.15) is 0 Å². The number of hydrogen-bond acceptors (Lipinski definition) is 24. The number of carbonyl (C=O) groups is 6. The Morgan fingerprint density at radius 1 is 0.559 bits per heavy atom. The van der Waals surface area contributed by atoms with Crippen molar-refractivity contribution in [1.29, 1.82) is 5.41 Å². The van der Waals surface area contributed by atoms with Crippen LogP contribution in [0.15, 0.2) is 120 Å². The number of anilines is 1. The zero-order chi connectivity index (χ0) is 87.9. The van der Waals surface area contributed by atoms with Crippen LogP contribution >= 0.6 is 0 Å². The minimum atomic E-state index is -2.42. The van der Waals surface area contributed by atoms with Gasteiger partial charge in [-0.15, -0.1) is 0 Å². The second-order valence-corrected chi connectivity index (χ2v) is 27.6. The molecule has 1 aliphatic heterocycles. The number of nitrogen functional groups attached to an aromatic ring is 1. The molecule has 43 nitrogen and oxygen atoms in total. The van der Waals surface area contributed by atoms with Crippen LogP contribution < -0.4 is 11.5 Å². The fraction of sp³-hybridized carbons (Fsp3) is 0.547. The number of rotatable bonds is 38. The van der Waals surface area contributed by atoms with E-state index in [9.17, 15) is 126 Å². The molecule has 648 valence electrons. The van der Waals surface area contributed by atoms with Crippen LogP contribution in [0, 0.1) is 11.3 Å². The number of cyclic esters (lactones) is 1. The van der Waals surface area contributed by atoms with E-state index in [0.717, 1.165) is 65.7 Å². The van der Waals surface area contributed by atoms with E-state index in [1.807, 2.05) is 0 Å². The third kappa shape index (κ3) is 34.0. The SMILES string of the molecule is CCCCCCCCCCCCC(O)=NC(Cc1c[nH]c2ccccc12)C(O)=NC(CC(=N)O)C(O)=NC(CC(=O)O)C(O)=N[C@@H]1C(O)=NCC(O)=NC(CCCN)C(O)=NC(CC(=O)O)C(O)=NC(C)C(O)=NC(CC(=O)O)C(O)=NCC(O)=NC(CO)C(O)=NC(C(C)CC(=O)O)C(O)=NC(CC(=O)c2ccccc2N)C(=O)O[C@@H]1C. The number of benzene rings is 2. The van der Waals surface area contributed by atoms with Gasteiger partial charge < -0.3 is 118 Å². The first-order valence-electron chi connectivity index (χ1n) is 37.8. The number of nitrogens with zero attached hydrogens (tertiary/aromatic N) is 13. The van der Waals surface area contributed by atoms with Crippen molar-refractivity contribution in [2.45, 2.75) is 229 Å². The summed E-state index contributed by atoms with van der Waals surface area (Å²) < 4.78 is 5.73. The molecule has 43 heteroatoms. The highest BCUT2D eigenvalue weighted by Crippen LogP contribution is 2.25. The molecule has 2 heterocycles. The number of aliphatic hydroxyl groups excluding tert-OH is 15. The summed E-state index contributed by atoms with van der Waals surface area (Å²) in [6.45, 7) is 1.45. The predicted octanol–water partition coefficient (Wildman–Crippen LogP) is 7.52. The average molecular weight is 1660 g/mol. The number of aliphatic carboxylic acids is 4. The molecule has 118 heavy (non-hydrogen) atoms. The normalized spacial score (nSPS) is 21.8. The fourth-order valence-electron chi connectivity index (χ4n) is 11.6. The number of H-pyrrole nitrogens is 1. The van der Waals surface area contributed by atoms with Gasteiger partial charge >= 0.3 is 29.8 Å². The number of carbonyl (C=O) groups excluding carboxylic acids is 2. The molecule has 0 fully saturated rings. The summed E-state index contributed by atoms with van der Waals surface area (Å²) in [5, 5.41) is 219. The van der Waals surface area contributed by atoms with E-state index in [2.05, 4.69) is 76.8 Å². The van der Waals surface area contributed by atoms with Gasteiger partial charge in [-0.3, -0.25) is 29.4 Å². The van der Waals surface area contributed by atoms with Gasteiger partial charge in [-0.05, 0) is 69.3 Å². The lowest BCUT2D eigenvalue weighted by Crippen LogP contribution is -2.40. The largest absolute Gasteiger partial charge is 0.497 e. The van der Waals surface area contributed by atoms with E-state index in [1.165, 1.54) is 37.1 Å². The highest BCUT2D eigenvalue weighted by Gasteiger charge is 2.37. The quantitative estimate of drug-likeness (QED) is 0.00658. The number of aromatic amines is 1. The number of ketones is 1. The molecule has 2 aromatic carbocycles. The average Bonchev–Trinajstić information content (AvgIpc) is 1.59. The number of carboxylic acid groups (broad SMARTS) is 4. The molecule has 0 radical (unpaired) electrons. The summed E-state index contributed by atoms with van der Waals surface area (Å²) in [6, 6.07) is -10.1. The lowest BCUT2D eigenvalue weighted by Gasteiger charge is -2.24. The summed E-state index contributed by atoms with van der Waals surface area (Å²) in [6.07, 6.45) is 2.08. The molecule has 0 saturated heterocycles. The molecule has 11 unspecified atom stereocenters. The number of unbranched alkanes of at least 4 members (excludes halogenated alkanes) is 9. The van der Waals surface area contributed by atoms with Crippen LogP contribution in [-0.2, 0) is 35.1 Å². The molecule has 3 aromatic rings. The maximum atomic E-state index is 14.9. The number of fused-ring (bicyclic) bond motifs is 1. The minimum absolute atomic E-state index is 0.0507. The molecule has 25 N–H and O–H groups in total. The molecule has 0 bridgehead atoms. The number of ether oxygens (including phenoxy) is 1. The Morgan fingerprint density at radius 3 is 1.67 bits per heavy atom. The first-order valence-corrected chi connectivity index (χ1v) is 37.8. The van der Waals surface area contributed by atoms with Gasteiger partial charge in [0.15, 0.2) is 35.7 Å². The van der Waals surface area contributed by atoms with Gasteiger partial charge in [-0.25, -0.2) is 69.7 Å². The topological polar surface area (TPSA) is 748 Å². The van der Waals surface area contributed by atoms with Crippen molar-refractivity contribution in [2.75, 3.05) is 32.0 Å². The molecule has 13 atom stereocenters. The predicted molar refractivity (Wildman–Crippen MR) is 440 cm³/mol. The first kappa shape index (κ1) is 97.7. The second-order valence-electron chi connectivity index (χ2n) is 27.6. The van der Waals surface area contributed by atoms with Crippen LogP contribution in [-0.4, -0.2) is 319 Å². The fourth-order valence-corrected chi connectivity index (χ4v) is 11.6. The van der Waals surface area contributed by atoms with Crippen LogP contribution in [0.5, 0.6) is 0 Å². The molecule has 0 amide bonds. The van der Waals surface area contributed by atoms with Crippen molar-refractivity contribution in [3.05, 3.63) is 65.9 Å². The molecule has 0 saturated carbocycles.